The third-order valence-corrected chi connectivity index (χ3v) is 4.60. The van der Waals surface area contributed by atoms with Crippen molar-refractivity contribution in [2.24, 2.45) is 0 Å². The predicted molar refractivity (Wildman–Crippen MR) is 94.4 cm³/mol. The summed E-state index contributed by atoms with van der Waals surface area (Å²) >= 11 is 0. The molecule has 1 saturated heterocycles. The zero-order valence-electron chi connectivity index (χ0n) is 14.4. The van der Waals surface area contributed by atoms with E-state index in [4.69, 9.17) is 4.74 Å². The Kier molecular flexibility index (Phi) is 4.52. The number of aliphatic hydroxyl groups is 1. The summed E-state index contributed by atoms with van der Waals surface area (Å²) in [5, 5.41) is 17.5. The van der Waals surface area contributed by atoms with E-state index in [0.29, 0.717) is 30.4 Å². The highest BCUT2D eigenvalue weighted by Gasteiger charge is 2.24. The monoisotopic (exact) mass is 357 g/mol. The van der Waals surface area contributed by atoms with Crippen molar-refractivity contribution in [3.8, 4) is 11.4 Å². The number of rotatable bonds is 4. The van der Waals surface area contributed by atoms with Gasteiger partial charge in [0.25, 0.3) is 0 Å². The number of nitrogens with zero attached hydrogens (tertiary/aromatic N) is 4. The summed E-state index contributed by atoms with van der Waals surface area (Å²) < 4.78 is 21.0. The Hall–Kier alpha value is -2.58. The van der Waals surface area contributed by atoms with Crippen LogP contribution in [-0.4, -0.2) is 50.0 Å². The van der Waals surface area contributed by atoms with E-state index in [-0.39, 0.29) is 18.2 Å². The van der Waals surface area contributed by atoms with Crippen LogP contribution in [0.2, 0.25) is 0 Å². The molecule has 0 unspecified atom stereocenters. The molecule has 1 aliphatic heterocycles. The molecule has 3 aromatic heterocycles. The summed E-state index contributed by atoms with van der Waals surface area (Å²) in [6.45, 7) is 2.89. The fourth-order valence-electron chi connectivity index (χ4n) is 3.04. The smallest absolute Gasteiger partial charge is 0.241 e. The van der Waals surface area contributed by atoms with Gasteiger partial charge in [0.05, 0.1) is 36.3 Å². The van der Waals surface area contributed by atoms with E-state index < -0.39 is 11.9 Å². The molecule has 3 aromatic rings. The Morgan fingerprint density at radius 1 is 1.35 bits per heavy atom. The number of nitrogens with one attached hydrogen (secondary N) is 1. The first-order chi connectivity index (χ1) is 12.7. The van der Waals surface area contributed by atoms with Gasteiger partial charge in [0, 0.05) is 18.9 Å². The minimum Gasteiger partial charge on any atom is -0.389 e. The topological polar surface area (TPSA) is 84.6 Å². The van der Waals surface area contributed by atoms with Crippen molar-refractivity contribution in [3.05, 3.63) is 42.0 Å². The van der Waals surface area contributed by atoms with Gasteiger partial charge in [-0.15, -0.1) is 5.10 Å². The highest BCUT2D eigenvalue weighted by molar-refractivity contribution is 5.64. The molecule has 2 atom stereocenters. The minimum absolute atomic E-state index is 0.202. The van der Waals surface area contributed by atoms with Crippen LogP contribution in [0.4, 0.5) is 10.3 Å². The first kappa shape index (κ1) is 16.9. The van der Waals surface area contributed by atoms with Crippen LogP contribution in [0.5, 0.6) is 0 Å². The maximum absolute atomic E-state index is 14.3. The molecule has 1 aliphatic rings. The second-order valence-electron chi connectivity index (χ2n) is 6.34. The molecule has 0 saturated carbocycles. The van der Waals surface area contributed by atoms with Crippen molar-refractivity contribution >= 4 is 11.5 Å². The van der Waals surface area contributed by atoms with Gasteiger partial charge in [0.2, 0.25) is 5.95 Å². The average Bonchev–Trinajstić information content (AvgIpc) is 3.00. The number of aliphatic hydroxyl groups excluding tert-OH is 1. The van der Waals surface area contributed by atoms with Crippen LogP contribution in [0.25, 0.3) is 16.9 Å². The maximum atomic E-state index is 14.3. The molecular formula is C18H20FN5O2. The first-order valence-corrected chi connectivity index (χ1v) is 8.67. The van der Waals surface area contributed by atoms with Gasteiger partial charge < -0.3 is 15.2 Å². The molecule has 0 radical (unpaired) electrons. The first-order valence-electron chi connectivity index (χ1n) is 8.67. The molecule has 4 rings (SSSR count). The highest BCUT2D eigenvalue weighted by atomic mass is 19.1. The van der Waals surface area contributed by atoms with Gasteiger partial charge in [-0.25, -0.2) is 13.9 Å². The molecule has 0 amide bonds. The van der Waals surface area contributed by atoms with Gasteiger partial charge in [0.1, 0.15) is 5.52 Å². The Morgan fingerprint density at radius 2 is 2.23 bits per heavy atom. The van der Waals surface area contributed by atoms with Crippen LogP contribution in [0.15, 0.2) is 30.6 Å². The molecule has 0 spiro atoms. The zero-order valence-corrected chi connectivity index (χ0v) is 14.4. The number of fused-ring (bicyclic) bond motifs is 1. The lowest BCUT2D eigenvalue weighted by Crippen LogP contribution is -2.42. The lowest BCUT2D eigenvalue weighted by Gasteiger charge is -2.28. The maximum Gasteiger partial charge on any atom is 0.241 e. The number of halogens is 1. The Labute approximate surface area is 149 Å². The molecule has 4 heterocycles. The summed E-state index contributed by atoms with van der Waals surface area (Å²) in [6.07, 6.45) is 4.12. The quantitative estimate of drug-likeness (QED) is 0.743. The van der Waals surface area contributed by atoms with E-state index in [0.717, 1.165) is 12.0 Å². The molecule has 0 aromatic carbocycles. The molecule has 26 heavy (non-hydrogen) atoms. The number of anilines is 1. The standard InChI is InChI=1S/C18H20FN5O2/c1-2-11-3-4-13(20-8-11)15-7-12(19)16-9-21-18(23-24(15)16)22-14-5-6-26-10-17(14)25/h3-4,7-9,14,17,25H,2,5-6,10H2,1H3,(H,22,23)/t14-,17-/m1/s1. The van der Waals surface area contributed by atoms with E-state index in [1.807, 2.05) is 12.1 Å². The fourth-order valence-corrected chi connectivity index (χ4v) is 3.04. The largest absolute Gasteiger partial charge is 0.389 e. The van der Waals surface area contributed by atoms with E-state index in [2.05, 4.69) is 27.3 Å². The molecule has 2 N–H and O–H groups in total. The van der Waals surface area contributed by atoms with Crippen molar-refractivity contribution < 1.29 is 14.2 Å². The lowest BCUT2D eigenvalue weighted by molar-refractivity contribution is -0.0136. The third-order valence-electron chi connectivity index (χ3n) is 4.60. The molecule has 8 heteroatoms. The van der Waals surface area contributed by atoms with Crippen LogP contribution < -0.4 is 5.32 Å². The van der Waals surface area contributed by atoms with Gasteiger partial charge in [-0.05, 0) is 24.5 Å². The molecule has 0 bridgehead atoms. The van der Waals surface area contributed by atoms with E-state index in [9.17, 15) is 9.50 Å². The number of aryl methyl sites for hydroxylation is 1. The van der Waals surface area contributed by atoms with E-state index in [1.54, 1.807) is 6.20 Å². The molecule has 136 valence electrons. The lowest BCUT2D eigenvalue weighted by atomic mass is 10.1. The van der Waals surface area contributed by atoms with Crippen molar-refractivity contribution in [3.63, 3.8) is 0 Å². The SMILES string of the molecule is CCc1ccc(-c2cc(F)c3cnc(N[C@@H]4CCOC[C@H]4O)nn23)nc1. The summed E-state index contributed by atoms with van der Waals surface area (Å²) in [6, 6.07) is 5.04. The summed E-state index contributed by atoms with van der Waals surface area (Å²) in [5.41, 5.74) is 2.58. The van der Waals surface area contributed by atoms with Gasteiger partial charge in [-0.1, -0.05) is 13.0 Å². The van der Waals surface area contributed by atoms with Crippen molar-refractivity contribution in [1.29, 1.82) is 0 Å². The van der Waals surface area contributed by atoms with E-state index in [1.165, 1.54) is 16.8 Å². The van der Waals surface area contributed by atoms with Crippen LogP contribution >= 0.6 is 0 Å². The van der Waals surface area contributed by atoms with Crippen LogP contribution in [-0.2, 0) is 11.2 Å². The summed E-state index contributed by atoms with van der Waals surface area (Å²) in [7, 11) is 0. The van der Waals surface area contributed by atoms with Crippen LogP contribution in [0, 0.1) is 5.82 Å². The van der Waals surface area contributed by atoms with Crippen LogP contribution in [0.1, 0.15) is 18.9 Å². The molecular weight excluding hydrogens is 337 g/mol. The third kappa shape index (κ3) is 3.13. The minimum atomic E-state index is -0.632. The van der Waals surface area contributed by atoms with Gasteiger partial charge in [-0.2, -0.15) is 0 Å². The van der Waals surface area contributed by atoms with Crippen molar-refractivity contribution in [1.82, 2.24) is 19.6 Å². The number of hydrogen-bond donors (Lipinski definition) is 2. The number of hydrogen-bond acceptors (Lipinski definition) is 6. The van der Waals surface area contributed by atoms with Crippen molar-refractivity contribution in [2.45, 2.75) is 31.9 Å². The second kappa shape index (κ2) is 6.97. The fraction of sp³-hybridized carbons (Fsp3) is 0.389. The normalized spacial score (nSPS) is 20.4. The Morgan fingerprint density at radius 3 is 2.96 bits per heavy atom. The van der Waals surface area contributed by atoms with Gasteiger partial charge in [0.15, 0.2) is 5.82 Å². The average molecular weight is 357 g/mol. The Balaban J connectivity index is 1.69. The van der Waals surface area contributed by atoms with Gasteiger partial charge >= 0.3 is 0 Å². The second-order valence-corrected chi connectivity index (χ2v) is 6.34. The highest BCUT2D eigenvalue weighted by Crippen LogP contribution is 2.24. The number of ether oxygens (including phenoxy) is 1. The van der Waals surface area contributed by atoms with Gasteiger partial charge in [-0.3, -0.25) is 4.98 Å². The summed E-state index contributed by atoms with van der Waals surface area (Å²) in [5.74, 6) is -0.0792. The Bertz CT molecular complexity index is 912. The molecule has 0 aliphatic carbocycles. The van der Waals surface area contributed by atoms with Crippen molar-refractivity contribution in [2.75, 3.05) is 18.5 Å². The van der Waals surface area contributed by atoms with E-state index >= 15 is 0 Å². The number of aromatic nitrogens is 4. The zero-order chi connectivity index (χ0) is 18.1. The number of pyridine rings is 1. The predicted octanol–water partition coefficient (Wildman–Crippen LogP) is 2.05. The molecule has 7 nitrogen and oxygen atoms in total. The molecule has 1 fully saturated rings. The summed E-state index contributed by atoms with van der Waals surface area (Å²) in [4.78, 5) is 8.59. The van der Waals surface area contributed by atoms with Crippen LogP contribution in [0.3, 0.4) is 0 Å².